The SMILES string of the molecule is COc1ccc(-c2cc(-c3ccccc3)cc(C(N)=O)c2N)c(OC)n1. The van der Waals surface area contributed by atoms with Crippen molar-refractivity contribution in [1.82, 2.24) is 4.98 Å². The van der Waals surface area contributed by atoms with Crippen LogP contribution in [0.5, 0.6) is 11.8 Å². The van der Waals surface area contributed by atoms with E-state index in [1.165, 1.54) is 14.2 Å². The predicted molar refractivity (Wildman–Crippen MR) is 101 cm³/mol. The Morgan fingerprint density at radius 1 is 0.923 bits per heavy atom. The Kier molecular flexibility index (Phi) is 4.75. The number of hydrogen-bond donors (Lipinski definition) is 2. The number of rotatable bonds is 5. The van der Waals surface area contributed by atoms with Crippen molar-refractivity contribution in [2.75, 3.05) is 20.0 Å². The maximum Gasteiger partial charge on any atom is 0.250 e. The topological polar surface area (TPSA) is 100 Å². The third-order valence-corrected chi connectivity index (χ3v) is 4.08. The van der Waals surface area contributed by atoms with Crippen LogP contribution in [0.4, 0.5) is 5.69 Å². The molecule has 0 aliphatic heterocycles. The standard InChI is InChI=1S/C20H19N3O3/c1-25-17-9-8-14(20(23-17)26-2)15-10-13(12-6-4-3-5-7-12)11-16(18(15)21)19(22)24/h3-11H,21H2,1-2H3,(H2,22,24). The summed E-state index contributed by atoms with van der Waals surface area (Å²) in [7, 11) is 3.04. The minimum absolute atomic E-state index is 0.249. The van der Waals surface area contributed by atoms with Crippen molar-refractivity contribution in [3.05, 3.63) is 60.2 Å². The van der Waals surface area contributed by atoms with Crippen LogP contribution in [0, 0.1) is 0 Å². The van der Waals surface area contributed by atoms with Crippen LogP contribution in [0.1, 0.15) is 10.4 Å². The maximum atomic E-state index is 11.9. The number of nitrogen functional groups attached to an aromatic ring is 1. The van der Waals surface area contributed by atoms with Crippen molar-refractivity contribution in [2.45, 2.75) is 0 Å². The molecule has 0 aliphatic rings. The molecule has 6 nitrogen and oxygen atoms in total. The number of hydrogen-bond acceptors (Lipinski definition) is 5. The number of pyridine rings is 1. The fourth-order valence-corrected chi connectivity index (χ4v) is 2.77. The Morgan fingerprint density at radius 3 is 2.27 bits per heavy atom. The monoisotopic (exact) mass is 349 g/mol. The summed E-state index contributed by atoms with van der Waals surface area (Å²) in [4.78, 5) is 16.2. The number of nitrogens with two attached hydrogens (primary N) is 2. The van der Waals surface area contributed by atoms with Crippen molar-refractivity contribution in [2.24, 2.45) is 5.73 Å². The van der Waals surface area contributed by atoms with Gasteiger partial charge in [-0.25, -0.2) is 0 Å². The molecule has 0 fully saturated rings. The van der Waals surface area contributed by atoms with Crippen LogP contribution in [0.15, 0.2) is 54.6 Å². The molecule has 1 heterocycles. The molecule has 132 valence electrons. The normalized spacial score (nSPS) is 10.4. The molecule has 0 bridgehead atoms. The summed E-state index contributed by atoms with van der Waals surface area (Å²) in [6.07, 6.45) is 0. The van der Waals surface area contributed by atoms with Gasteiger partial charge in [-0.1, -0.05) is 30.3 Å². The fraction of sp³-hybridized carbons (Fsp3) is 0.100. The molecule has 1 aromatic heterocycles. The van der Waals surface area contributed by atoms with E-state index >= 15 is 0 Å². The Bertz CT molecular complexity index is 956. The number of amides is 1. The molecular weight excluding hydrogens is 330 g/mol. The molecule has 1 amide bonds. The highest BCUT2D eigenvalue weighted by Gasteiger charge is 2.18. The van der Waals surface area contributed by atoms with Crippen LogP contribution in [-0.2, 0) is 0 Å². The van der Waals surface area contributed by atoms with Gasteiger partial charge in [0, 0.05) is 17.2 Å². The van der Waals surface area contributed by atoms with Gasteiger partial charge in [-0.2, -0.15) is 4.98 Å². The summed E-state index contributed by atoms with van der Waals surface area (Å²) in [5, 5.41) is 0. The average molecular weight is 349 g/mol. The maximum absolute atomic E-state index is 11.9. The lowest BCUT2D eigenvalue weighted by Crippen LogP contribution is -2.14. The van der Waals surface area contributed by atoms with E-state index in [0.29, 0.717) is 22.9 Å². The molecule has 0 saturated heterocycles. The minimum atomic E-state index is -0.595. The van der Waals surface area contributed by atoms with Crippen LogP contribution >= 0.6 is 0 Å². The summed E-state index contributed by atoms with van der Waals surface area (Å²) in [5.41, 5.74) is 15.3. The van der Waals surface area contributed by atoms with Gasteiger partial charge in [-0.3, -0.25) is 4.79 Å². The summed E-state index contributed by atoms with van der Waals surface area (Å²) in [6, 6.07) is 16.7. The number of carbonyl (C=O) groups is 1. The van der Waals surface area contributed by atoms with Gasteiger partial charge in [0.15, 0.2) is 0 Å². The molecule has 2 aromatic carbocycles. The molecule has 26 heavy (non-hydrogen) atoms. The summed E-state index contributed by atoms with van der Waals surface area (Å²) < 4.78 is 10.5. The van der Waals surface area contributed by atoms with Gasteiger partial charge in [0.1, 0.15) is 0 Å². The van der Waals surface area contributed by atoms with E-state index in [9.17, 15) is 4.79 Å². The number of carbonyl (C=O) groups excluding carboxylic acids is 1. The third kappa shape index (κ3) is 3.17. The van der Waals surface area contributed by atoms with E-state index in [2.05, 4.69) is 4.98 Å². The summed E-state index contributed by atoms with van der Waals surface area (Å²) in [5.74, 6) is 0.164. The van der Waals surface area contributed by atoms with Crippen LogP contribution in [0.25, 0.3) is 22.3 Å². The molecule has 6 heteroatoms. The lowest BCUT2D eigenvalue weighted by molar-refractivity contribution is 0.100. The number of primary amides is 1. The largest absolute Gasteiger partial charge is 0.481 e. The lowest BCUT2D eigenvalue weighted by Gasteiger charge is -2.15. The molecule has 0 atom stereocenters. The van der Waals surface area contributed by atoms with Crippen molar-refractivity contribution >= 4 is 11.6 Å². The highest BCUT2D eigenvalue weighted by atomic mass is 16.5. The second-order valence-electron chi connectivity index (χ2n) is 5.63. The average Bonchev–Trinajstić information content (AvgIpc) is 2.68. The van der Waals surface area contributed by atoms with Crippen LogP contribution in [0.3, 0.4) is 0 Å². The first-order chi connectivity index (χ1) is 12.5. The minimum Gasteiger partial charge on any atom is -0.481 e. The van der Waals surface area contributed by atoms with E-state index < -0.39 is 5.91 Å². The highest BCUT2D eigenvalue weighted by molar-refractivity contribution is 6.03. The molecule has 0 unspecified atom stereocenters. The van der Waals surface area contributed by atoms with E-state index in [1.54, 1.807) is 18.2 Å². The van der Waals surface area contributed by atoms with Crippen LogP contribution in [0.2, 0.25) is 0 Å². The predicted octanol–water partition coefficient (Wildman–Crippen LogP) is 3.11. The molecule has 0 aliphatic carbocycles. The smallest absolute Gasteiger partial charge is 0.250 e. The van der Waals surface area contributed by atoms with Crippen LogP contribution in [-0.4, -0.2) is 25.1 Å². The zero-order valence-corrected chi connectivity index (χ0v) is 14.5. The van der Waals surface area contributed by atoms with Gasteiger partial charge in [0.05, 0.1) is 25.5 Å². The second kappa shape index (κ2) is 7.14. The van der Waals surface area contributed by atoms with E-state index in [-0.39, 0.29) is 11.3 Å². The van der Waals surface area contributed by atoms with E-state index in [4.69, 9.17) is 20.9 Å². The number of nitrogens with zero attached hydrogens (tertiary/aromatic N) is 1. The third-order valence-electron chi connectivity index (χ3n) is 4.08. The molecule has 0 radical (unpaired) electrons. The van der Waals surface area contributed by atoms with Gasteiger partial charge in [0.2, 0.25) is 11.8 Å². The van der Waals surface area contributed by atoms with Crippen molar-refractivity contribution in [3.8, 4) is 34.0 Å². The van der Waals surface area contributed by atoms with Crippen molar-refractivity contribution < 1.29 is 14.3 Å². The van der Waals surface area contributed by atoms with Gasteiger partial charge in [0.25, 0.3) is 5.91 Å². The first-order valence-electron chi connectivity index (χ1n) is 7.93. The Balaban J connectivity index is 2.27. The molecule has 0 spiro atoms. The van der Waals surface area contributed by atoms with Gasteiger partial charge in [-0.15, -0.1) is 0 Å². The second-order valence-corrected chi connectivity index (χ2v) is 5.63. The number of ether oxygens (including phenoxy) is 2. The lowest BCUT2D eigenvalue weighted by atomic mass is 9.94. The first-order valence-corrected chi connectivity index (χ1v) is 7.93. The first kappa shape index (κ1) is 17.3. The number of benzene rings is 2. The summed E-state index contributed by atoms with van der Waals surface area (Å²) >= 11 is 0. The van der Waals surface area contributed by atoms with Crippen molar-refractivity contribution in [3.63, 3.8) is 0 Å². The fourth-order valence-electron chi connectivity index (χ4n) is 2.77. The molecule has 4 N–H and O–H groups in total. The van der Waals surface area contributed by atoms with E-state index in [1.807, 2.05) is 36.4 Å². The number of anilines is 1. The zero-order valence-electron chi connectivity index (χ0n) is 14.5. The van der Waals surface area contributed by atoms with Crippen LogP contribution < -0.4 is 20.9 Å². The Labute approximate surface area is 151 Å². The van der Waals surface area contributed by atoms with Crippen molar-refractivity contribution in [1.29, 1.82) is 0 Å². The molecule has 3 aromatic rings. The van der Waals surface area contributed by atoms with Gasteiger partial charge in [-0.05, 0) is 29.3 Å². The Morgan fingerprint density at radius 2 is 1.65 bits per heavy atom. The quantitative estimate of drug-likeness (QED) is 0.689. The number of methoxy groups -OCH3 is 2. The van der Waals surface area contributed by atoms with Gasteiger partial charge < -0.3 is 20.9 Å². The zero-order chi connectivity index (χ0) is 18.7. The number of aromatic nitrogens is 1. The molecule has 3 rings (SSSR count). The highest BCUT2D eigenvalue weighted by Crippen LogP contribution is 2.38. The molecule has 0 saturated carbocycles. The van der Waals surface area contributed by atoms with Gasteiger partial charge >= 0.3 is 0 Å². The van der Waals surface area contributed by atoms with E-state index in [0.717, 1.165) is 11.1 Å². The Hall–Kier alpha value is -3.54. The molecular formula is C20H19N3O3. The summed E-state index contributed by atoms with van der Waals surface area (Å²) in [6.45, 7) is 0.